The van der Waals surface area contributed by atoms with E-state index in [1.165, 1.54) is 17.7 Å². The van der Waals surface area contributed by atoms with Crippen molar-refractivity contribution in [1.29, 1.82) is 0 Å². The molecule has 6 nitrogen and oxygen atoms in total. The van der Waals surface area contributed by atoms with Crippen LogP contribution in [0.25, 0.3) is 0 Å². The molecule has 1 aliphatic heterocycles. The fourth-order valence-corrected chi connectivity index (χ4v) is 4.61. The summed E-state index contributed by atoms with van der Waals surface area (Å²) in [7, 11) is 0. The van der Waals surface area contributed by atoms with Gasteiger partial charge in [-0.25, -0.2) is 4.79 Å². The van der Waals surface area contributed by atoms with Crippen molar-refractivity contribution in [1.82, 2.24) is 10.2 Å². The van der Waals surface area contributed by atoms with Gasteiger partial charge in [0, 0.05) is 17.8 Å². The maximum atomic E-state index is 12.8. The number of nitrogens with zero attached hydrogens (tertiary/aromatic N) is 1. The number of anilines is 1. The normalized spacial score (nSPS) is 21.3. The third-order valence-electron chi connectivity index (χ3n) is 6.06. The first kappa shape index (κ1) is 18.0. The van der Waals surface area contributed by atoms with Crippen LogP contribution in [0.4, 0.5) is 10.5 Å². The predicted octanol–water partition coefficient (Wildman–Crippen LogP) is 4.07. The van der Waals surface area contributed by atoms with E-state index in [4.69, 9.17) is 0 Å². The van der Waals surface area contributed by atoms with E-state index >= 15 is 0 Å². The van der Waals surface area contributed by atoms with Gasteiger partial charge < -0.3 is 10.6 Å². The molecule has 2 aliphatic carbocycles. The Balaban J connectivity index is 1.45. The van der Waals surface area contributed by atoms with Crippen LogP contribution in [0.1, 0.15) is 84.9 Å². The number of hydrogen-bond acceptors (Lipinski definition) is 3. The molecule has 0 aromatic heterocycles. The van der Waals surface area contributed by atoms with Gasteiger partial charge in [-0.2, -0.15) is 0 Å². The fraction of sp³-hybridized carbons (Fsp3) is 0.571. The van der Waals surface area contributed by atoms with Gasteiger partial charge in [-0.05, 0) is 43.9 Å². The van der Waals surface area contributed by atoms with Crippen LogP contribution in [0.15, 0.2) is 18.2 Å². The quantitative estimate of drug-likeness (QED) is 0.788. The Bertz CT molecular complexity index is 749. The molecule has 0 saturated heterocycles. The zero-order valence-electron chi connectivity index (χ0n) is 15.6. The zero-order valence-corrected chi connectivity index (χ0v) is 15.6. The molecule has 2 fully saturated rings. The van der Waals surface area contributed by atoms with Crippen LogP contribution in [0, 0.1) is 0 Å². The summed E-state index contributed by atoms with van der Waals surface area (Å²) in [6.07, 6.45) is 10.6. The number of carbonyl (C=O) groups excluding carboxylic acids is 3. The summed E-state index contributed by atoms with van der Waals surface area (Å²) in [4.78, 5) is 39.2. The van der Waals surface area contributed by atoms with Gasteiger partial charge >= 0.3 is 6.03 Å². The van der Waals surface area contributed by atoms with E-state index in [0.29, 0.717) is 16.8 Å². The first-order valence-electron chi connectivity index (χ1n) is 10.2. The number of urea groups is 1. The highest BCUT2D eigenvalue weighted by Gasteiger charge is 2.40. The van der Waals surface area contributed by atoms with Gasteiger partial charge in [0.25, 0.3) is 11.8 Å². The number of imide groups is 1. The Morgan fingerprint density at radius 3 is 2.19 bits per heavy atom. The van der Waals surface area contributed by atoms with E-state index in [9.17, 15) is 14.4 Å². The molecule has 6 heteroatoms. The van der Waals surface area contributed by atoms with E-state index in [0.717, 1.165) is 51.4 Å². The summed E-state index contributed by atoms with van der Waals surface area (Å²) in [5.74, 6) is -0.418. The van der Waals surface area contributed by atoms with Crippen molar-refractivity contribution in [3.8, 4) is 0 Å². The van der Waals surface area contributed by atoms with E-state index in [2.05, 4.69) is 10.6 Å². The lowest BCUT2D eigenvalue weighted by molar-refractivity contribution is 0.0549. The summed E-state index contributed by atoms with van der Waals surface area (Å²) in [6.45, 7) is 0. The molecular weight excluding hydrogens is 342 g/mol. The predicted molar refractivity (Wildman–Crippen MR) is 103 cm³/mol. The number of amides is 4. The molecule has 1 aromatic rings. The molecule has 1 aromatic carbocycles. The second-order valence-corrected chi connectivity index (χ2v) is 7.97. The molecule has 4 amide bonds. The van der Waals surface area contributed by atoms with Crippen LogP contribution in [-0.2, 0) is 0 Å². The standard InChI is InChI=1S/C21H27N3O3/c25-19-17-12-11-15(23-21(27)22-14-7-3-1-4-8-14)13-18(17)20(26)24(19)16-9-5-2-6-10-16/h11-14,16H,1-10H2,(H2,22,23,27). The van der Waals surface area contributed by atoms with Crippen LogP contribution in [-0.4, -0.2) is 34.8 Å². The minimum atomic E-state index is -0.247. The molecule has 2 N–H and O–H groups in total. The molecule has 4 rings (SSSR count). The van der Waals surface area contributed by atoms with Gasteiger partial charge in [-0.1, -0.05) is 38.5 Å². The van der Waals surface area contributed by atoms with Crippen molar-refractivity contribution in [2.75, 3.05) is 5.32 Å². The van der Waals surface area contributed by atoms with Gasteiger partial charge in [0.15, 0.2) is 0 Å². The topological polar surface area (TPSA) is 78.5 Å². The van der Waals surface area contributed by atoms with Gasteiger partial charge in [-0.3, -0.25) is 14.5 Å². The summed E-state index contributed by atoms with van der Waals surface area (Å²) >= 11 is 0. The number of rotatable bonds is 3. The highest BCUT2D eigenvalue weighted by molar-refractivity contribution is 6.22. The Morgan fingerprint density at radius 1 is 0.852 bits per heavy atom. The first-order valence-corrected chi connectivity index (χ1v) is 10.2. The summed E-state index contributed by atoms with van der Waals surface area (Å²) in [6, 6.07) is 4.99. The van der Waals surface area contributed by atoms with Crippen molar-refractivity contribution in [2.45, 2.75) is 76.3 Å². The highest BCUT2D eigenvalue weighted by atomic mass is 16.2. The van der Waals surface area contributed by atoms with E-state index in [1.807, 2.05) is 0 Å². The Kier molecular flexibility index (Phi) is 5.14. The molecule has 27 heavy (non-hydrogen) atoms. The molecule has 0 unspecified atom stereocenters. The Morgan fingerprint density at radius 2 is 1.48 bits per heavy atom. The molecule has 0 spiro atoms. The van der Waals surface area contributed by atoms with Crippen LogP contribution >= 0.6 is 0 Å². The first-order chi connectivity index (χ1) is 13.1. The van der Waals surface area contributed by atoms with Gasteiger partial charge in [0.1, 0.15) is 0 Å². The third-order valence-corrected chi connectivity index (χ3v) is 6.06. The van der Waals surface area contributed by atoms with E-state index < -0.39 is 0 Å². The van der Waals surface area contributed by atoms with Crippen LogP contribution in [0.3, 0.4) is 0 Å². The van der Waals surface area contributed by atoms with E-state index in [-0.39, 0.29) is 29.9 Å². The average molecular weight is 369 g/mol. The lowest BCUT2D eigenvalue weighted by Gasteiger charge is -2.29. The molecule has 2 saturated carbocycles. The van der Waals surface area contributed by atoms with Crippen molar-refractivity contribution in [2.24, 2.45) is 0 Å². The molecule has 0 radical (unpaired) electrons. The zero-order chi connectivity index (χ0) is 18.8. The van der Waals surface area contributed by atoms with Gasteiger partial charge in [-0.15, -0.1) is 0 Å². The Hall–Kier alpha value is -2.37. The fourth-order valence-electron chi connectivity index (χ4n) is 4.61. The highest BCUT2D eigenvalue weighted by Crippen LogP contribution is 2.32. The molecule has 0 bridgehead atoms. The lowest BCUT2D eigenvalue weighted by atomic mass is 9.94. The van der Waals surface area contributed by atoms with Crippen LogP contribution in [0.5, 0.6) is 0 Å². The largest absolute Gasteiger partial charge is 0.335 e. The second kappa shape index (κ2) is 7.71. The molecule has 3 aliphatic rings. The van der Waals surface area contributed by atoms with Crippen molar-refractivity contribution >= 4 is 23.5 Å². The van der Waals surface area contributed by atoms with Crippen molar-refractivity contribution < 1.29 is 14.4 Å². The van der Waals surface area contributed by atoms with Crippen molar-refractivity contribution in [3.63, 3.8) is 0 Å². The maximum absolute atomic E-state index is 12.8. The van der Waals surface area contributed by atoms with Crippen molar-refractivity contribution in [3.05, 3.63) is 29.3 Å². The minimum absolute atomic E-state index is 0.0113. The summed E-state index contributed by atoms with van der Waals surface area (Å²) < 4.78 is 0. The lowest BCUT2D eigenvalue weighted by Crippen LogP contribution is -2.40. The monoisotopic (exact) mass is 369 g/mol. The molecule has 144 valence electrons. The molecule has 1 heterocycles. The Labute approximate surface area is 159 Å². The molecular formula is C21H27N3O3. The SMILES string of the molecule is O=C(Nc1ccc2c(c1)C(=O)N(C1CCCCC1)C2=O)NC1CCCCC1. The number of nitrogens with one attached hydrogen (secondary N) is 2. The van der Waals surface area contributed by atoms with Gasteiger partial charge in [0.2, 0.25) is 0 Å². The number of carbonyl (C=O) groups is 3. The number of hydrogen-bond donors (Lipinski definition) is 2. The molecule has 0 atom stereocenters. The minimum Gasteiger partial charge on any atom is -0.335 e. The van der Waals surface area contributed by atoms with Crippen LogP contribution in [0.2, 0.25) is 0 Å². The van der Waals surface area contributed by atoms with Crippen LogP contribution < -0.4 is 10.6 Å². The second-order valence-electron chi connectivity index (χ2n) is 7.97. The summed E-state index contributed by atoms with van der Waals surface area (Å²) in [5.41, 5.74) is 1.40. The third kappa shape index (κ3) is 3.70. The smallest absolute Gasteiger partial charge is 0.319 e. The number of benzene rings is 1. The van der Waals surface area contributed by atoms with E-state index in [1.54, 1.807) is 18.2 Å². The van der Waals surface area contributed by atoms with Gasteiger partial charge in [0.05, 0.1) is 11.1 Å². The summed E-state index contributed by atoms with van der Waals surface area (Å²) in [5, 5.41) is 5.82. The average Bonchev–Trinajstić information content (AvgIpc) is 2.93. The maximum Gasteiger partial charge on any atom is 0.319 e. The number of fused-ring (bicyclic) bond motifs is 1.